The van der Waals surface area contributed by atoms with Crippen LogP contribution in [0.5, 0.6) is 0 Å². The number of nitrogens with one attached hydrogen (secondary N) is 2. The number of rotatable bonds is 13. The Balaban J connectivity index is 1.43. The third kappa shape index (κ3) is 8.14. The normalized spacial score (nSPS) is 14.5. The summed E-state index contributed by atoms with van der Waals surface area (Å²) in [6, 6.07) is 16.3. The molecule has 0 aliphatic heterocycles. The summed E-state index contributed by atoms with van der Waals surface area (Å²) in [7, 11) is 0. The monoisotopic (exact) mass is 548 g/mol. The fourth-order valence-electron chi connectivity index (χ4n) is 5.40. The highest BCUT2D eigenvalue weighted by Crippen LogP contribution is 2.30. The van der Waals surface area contributed by atoms with Crippen molar-refractivity contribution in [3.8, 4) is 22.5 Å². The van der Waals surface area contributed by atoms with Crippen LogP contribution in [0.1, 0.15) is 57.9 Å². The summed E-state index contributed by atoms with van der Waals surface area (Å²) in [4.78, 5) is 28.0. The van der Waals surface area contributed by atoms with E-state index in [-0.39, 0.29) is 17.7 Å². The summed E-state index contributed by atoms with van der Waals surface area (Å²) < 4.78 is 0. The van der Waals surface area contributed by atoms with E-state index in [1.807, 2.05) is 29.2 Å². The first kappa shape index (κ1) is 28.8. The fourth-order valence-corrected chi connectivity index (χ4v) is 5.71. The maximum Gasteiger partial charge on any atom is 0.224 e. The first-order valence-corrected chi connectivity index (χ1v) is 14.7. The molecular weight excluding hydrogens is 508 g/mol. The molecule has 0 spiro atoms. The molecule has 1 unspecified atom stereocenters. The average molecular weight is 549 g/mol. The zero-order chi connectivity index (χ0) is 27.6. The van der Waals surface area contributed by atoms with Gasteiger partial charge in [0, 0.05) is 43.3 Å². The summed E-state index contributed by atoms with van der Waals surface area (Å²) >= 11 is 4.38. The van der Waals surface area contributed by atoms with Gasteiger partial charge in [0.2, 0.25) is 11.8 Å². The fraction of sp³-hybridized carbons (Fsp3) is 0.500. The Labute approximate surface area is 236 Å². The lowest BCUT2D eigenvalue weighted by Crippen LogP contribution is -2.41. The number of hydrogen-bond donors (Lipinski definition) is 3. The van der Waals surface area contributed by atoms with Crippen molar-refractivity contribution >= 4 is 24.4 Å². The minimum Gasteiger partial charge on any atom is -0.354 e. The van der Waals surface area contributed by atoms with Crippen molar-refractivity contribution in [2.45, 2.75) is 58.9 Å². The summed E-state index contributed by atoms with van der Waals surface area (Å²) in [5.41, 5.74) is 4.05. The van der Waals surface area contributed by atoms with Gasteiger partial charge in [0.1, 0.15) is 0 Å². The third-order valence-electron chi connectivity index (χ3n) is 7.48. The van der Waals surface area contributed by atoms with E-state index in [1.54, 1.807) is 0 Å². The molecule has 1 saturated carbocycles. The second-order valence-electron chi connectivity index (χ2n) is 11.0. The predicted octanol–water partition coefficient (Wildman–Crippen LogP) is 5.15. The number of benzene rings is 2. The van der Waals surface area contributed by atoms with Gasteiger partial charge in [-0.25, -0.2) is 5.10 Å². The molecule has 1 aliphatic rings. The topological polar surface area (TPSA) is 104 Å². The lowest BCUT2D eigenvalue weighted by atomic mass is 9.98. The molecule has 2 N–H and O–H groups in total. The molecule has 1 atom stereocenters. The molecule has 208 valence electrons. The Hall–Kier alpha value is -3.20. The van der Waals surface area contributed by atoms with Crippen molar-refractivity contribution in [3.63, 3.8) is 0 Å². The highest BCUT2D eigenvalue weighted by molar-refractivity contribution is 7.80. The zero-order valence-corrected chi connectivity index (χ0v) is 23.9. The van der Waals surface area contributed by atoms with E-state index >= 15 is 0 Å². The average Bonchev–Trinajstić information content (AvgIpc) is 3.66. The van der Waals surface area contributed by atoms with Gasteiger partial charge < -0.3 is 10.2 Å². The highest BCUT2D eigenvalue weighted by atomic mass is 32.1. The molecule has 0 bridgehead atoms. The van der Waals surface area contributed by atoms with Crippen LogP contribution in [-0.4, -0.2) is 56.2 Å². The third-order valence-corrected chi connectivity index (χ3v) is 7.93. The van der Waals surface area contributed by atoms with Gasteiger partial charge in [-0.15, -0.1) is 5.10 Å². The van der Waals surface area contributed by atoms with Crippen LogP contribution in [0.15, 0.2) is 48.5 Å². The van der Waals surface area contributed by atoms with Crippen LogP contribution < -0.4 is 5.32 Å². The first-order valence-electron chi connectivity index (χ1n) is 14.0. The lowest BCUT2D eigenvalue weighted by Gasteiger charge is -2.25. The second kappa shape index (κ2) is 14.3. The number of aromatic amines is 1. The first-order chi connectivity index (χ1) is 18.9. The molecule has 9 heteroatoms. The van der Waals surface area contributed by atoms with Gasteiger partial charge in [0.15, 0.2) is 5.82 Å². The van der Waals surface area contributed by atoms with E-state index in [0.717, 1.165) is 41.5 Å². The van der Waals surface area contributed by atoms with Gasteiger partial charge in [0.05, 0.1) is 0 Å². The van der Waals surface area contributed by atoms with Crippen molar-refractivity contribution in [1.82, 2.24) is 30.8 Å². The number of amides is 2. The summed E-state index contributed by atoms with van der Waals surface area (Å²) in [6.07, 6.45) is 6.07. The molecule has 2 amide bonds. The maximum atomic E-state index is 13.4. The standard InChI is InChI=1S/C30H40N6O2S/c1-21(2)17-25(20-39)30(38)31-15-16-36(28(37)18-22-7-3-4-8-22)19-23-11-13-24(14-12-23)26-9-5-6-10-27(26)29-32-34-35-33-29/h5-6,9-14,21-22,25,39H,3-4,7-8,15-20H2,1-2H3,(H,31,38)(H,32,33,34,35). The highest BCUT2D eigenvalue weighted by Gasteiger charge is 2.23. The number of tetrazole rings is 1. The number of carbonyl (C=O) groups is 2. The molecule has 1 heterocycles. The second-order valence-corrected chi connectivity index (χ2v) is 11.3. The Bertz CT molecular complexity index is 1190. The number of thiol groups is 1. The molecule has 4 rings (SSSR count). The van der Waals surface area contributed by atoms with Crippen LogP contribution >= 0.6 is 12.6 Å². The van der Waals surface area contributed by atoms with E-state index in [9.17, 15) is 9.59 Å². The van der Waals surface area contributed by atoms with Gasteiger partial charge in [-0.1, -0.05) is 75.2 Å². The number of aromatic nitrogens is 4. The largest absolute Gasteiger partial charge is 0.354 e. The number of carbonyl (C=O) groups excluding carboxylic acids is 2. The minimum absolute atomic E-state index is 0.0202. The molecule has 1 aliphatic carbocycles. The summed E-state index contributed by atoms with van der Waals surface area (Å²) in [5, 5.41) is 17.4. The van der Waals surface area contributed by atoms with E-state index in [0.29, 0.717) is 49.5 Å². The van der Waals surface area contributed by atoms with E-state index in [1.165, 1.54) is 12.8 Å². The van der Waals surface area contributed by atoms with Crippen LogP contribution in [0.3, 0.4) is 0 Å². The molecule has 0 saturated heterocycles. The van der Waals surface area contributed by atoms with Crippen molar-refractivity contribution in [1.29, 1.82) is 0 Å². The van der Waals surface area contributed by atoms with Crippen LogP contribution in [0, 0.1) is 17.8 Å². The maximum absolute atomic E-state index is 13.4. The summed E-state index contributed by atoms with van der Waals surface area (Å²) in [6.45, 7) is 5.66. The van der Waals surface area contributed by atoms with Crippen LogP contribution in [0.4, 0.5) is 0 Å². The molecule has 1 fully saturated rings. The van der Waals surface area contributed by atoms with Gasteiger partial charge in [0.25, 0.3) is 0 Å². The lowest BCUT2D eigenvalue weighted by molar-refractivity contribution is -0.133. The molecule has 3 aromatic rings. The number of hydrogen-bond acceptors (Lipinski definition) is 6. The van der Waals surface area contributed by atoms with E-state index in [4.69, 9.17) is 0 Å². The quantitative estimate of drug-likeness (QED) is 0.256. The van der Waals surface area contributed by atoms with Gasteiger partial charge in [-0.3, -0.25) is 9.59 Å². The Morgan fingerprint density at radius 3 is 2.44 bits per heavy atom. The Kier molecular flexibility index (Phi) is 10.5. The molecular formula is C30H40N6O2S. The molecule has 39 heavy (non-hydrogen) atoms. The SMILES string of the molecule is CC(C)CC(CS)C(=O)NCCN(Cc1ccc(-c2ccccc2-c2nnn[nH]2)cc1)C(=O)CC1CCCC1. The van der Waals surface area contributed by atoms with Crippen LogP contribution in [0.25, 0.3) is 22.5 Å². The Morgan fingerprint density at radius 1 is 1.08 bits per heavy atom. The molecule has 0 radical (unpaired) electrons. The van der Waals surface area contributed by atoms with E-state index < -0.39 is 0 Å². The smallest absolute Gasteiger partial charge is 0.224 e. The van der Waals surface area contributed by atoms with Crippen molar-refractivity contribution in [3.05, 3.63) is 54.1 Å². The van der Waals surface area contributed by atoms with Crippen molar-refractivity contribution in [2.75, 3.05) is 18.8 Å². The van der Waals surface area contributed by atoms with E-state index in [2.05, 4.69) is 76.7 Å². The van der Waals surface area contributed by atoms with Crippen molar-refractivity contribution in [2.24, 2.45) is 17.8 Å². The van der Waals surface area contributed by atoms with Crippen LogP contribution in [0.2, 0.25) is 0 Å². The van der Waals surface area contributed by atoms with Crippen molar-refractivity contribution < 1.29 is 9.59 Å². The van der Waals surface area contributed by atoms with Gasteiger partial charge in [-0.2, -0.15) is 12.6 Å². The number of nitrogens with zero attached hydrogens (tertiary/aromatic N) is 4. The predicted molar refractivity (Wildman–Crippen MR) is 157 cm³/mol. The zero-order valence-electron chi connectivity index (χ0n) is 23.0. The van der Waals surface area contributed by atoms with Gasteiger partial charge >= 0.3 is 0 Å². The Morgan fingerprint density at radius 2 is 1.79 bits per heavy atom. The van der Waals surface area contributed by atoms with Crippen LogP contribution in [-0.2, 0) is 16.1 Å². The number of H-pyrrole nitrogens is 1. The van der Waals surface area contributed by atoms with Gasteiger partial charge in [-0.05, 0) is 58.2 Å². The molecule has 1 aromatic heterocycles. The summed E-state index contributed by atoms with van der Waals surface area (Å²) in [5.74, 6) is 2.12. The minimum atomic E-state index is -0.112. The molecule has 2 aromatic carbocycles. The molecule has 8 nitrogen and oxygen atoms in total.